The lowest BCUT2D eigenvalue weighted by molar-refractivity contribution is -0.139. The Labute approximate surface area is 134 Å². The summed E-state index contributed by atoms with van der Waals surface area (Å²) in [6, 6.07) is 5.31. The number of aryl methyl sites for hydroxylation is 1. The fraction of sp³-hybridized carbons (Fsp3) is 0.438. The molecule has 22 heavy (non-hydrogen) atoms. The van der Waals surface area contributed by atoms with Crippen molar-refractivity contribution in [3.8, 4) is 0 Å². The highest BCUT2D eigenvalue weighted by atomic mass is 32.2. The van der Waals surface area contributed by atoms with E-state index in [2.05, 4.69) is 4.74 Å². The maximum Gasteiger partial charge on any atom is 0.338 e. The van der Waals surface area contributed by atoms with Gasteiger partial charge < -0.3 is 9.47 Å². The van der Waals surface area contributed by atoms with Crippen LogP contribution in [0, 0.1) is 0 Å². The molecule has 1 aromatic carbocycles. The van der Waals surface area contributed by atoms with Crippen LogP contribution in [-0.2, 0) is 31.9 Å². The minimum absolute atomic E-state index is 0.0122. The van der Waals surface area contributed by atoms with Gasteiger partial charge in [-0.1, -0.05) is 30.0 Å². The van der Waals surface area contributed by atoms with Gasteiger partial charge in [0.1, 0.15) is 0 Å². The molecule has 0 aliphatic rings. The molecule has 0 amide bonds. The van der Waals surface area contributed by atoms with Crippen LogP contribution >= 0.6 is 11.8 Å². The Morgan fingerprint density at radius 3 is 2.45 bits per heavy atom. The molecule has 0 atom stereocenters. The number of esters is 2. The Morgan fingerprint density at radius 2 is 1.86 bits per heavy atom. The Bertz CT molecular complexity index is 553. The molecular weight excluding hydrogens is 304 g/mol. The van der Waals surface area contributed by atoms with Crippen molar-refractivity contribution in [2.45, 2.75) is 26.7 Å². The van der Waals surface area contributed by atoms with Crippen molar-refractivity contribution in [2.24, 2.45) is 0 Å². The second-order valence-electron chi connectivity index (χ2n) is 4.51. The third kappa shape index (κ3) is 5.52. The molecule has 0 saturated heterocycles. The predicted molar refractivity (Wildman–Crippen MR) is 85.0 cm³/mol. The van der Waals surface area contributed by atoms with Crippen molar-refractivity contribution in [2.75, 3.05) is 19.5 Å². The molecule has 0 saturated carbocycles. The predicted octanol–water partition coefficient (Wildman–Crippen LogP) is 2.40. The van der Waals surface area contributed by atoms with E-state index in [1.54, 1.807) is 19.1 Å². The summed E-state index contributed by atoms with van der Waals surface area (Å²) in [6.07, 6.45) is 0.561. The molecule has 0 heterocycles. The number of thioether (sulfide) groups is 1. The third-order valence-corrected chi connectivity index (χ3v) is 3.77. The number of benzene rings is 1. The monoisotopic (exact) mass is 324 g/mol. The molecule has 1 aromatic rings. The summed E-state index contributed by atoms with van der Waals surface area (Å²) in [7, 11) is 1.31. The molecule has 6 heteroatoms. The summed E-state index contributed by atoms with van der Waals surface area (Å²) < 4.78 is 9.75. The first-order valence-corrected chi connectivity index (χ1v) is 7.96. The zero-order chi connectivity index (χ0) is 16.5. The van der Waals surface area contributed by atoms with Gasteiger partial charge in [-0.05, 0) is 24.5 Å². The molecule has 0 aliphatic carbocycles. The van der Waals surface area contributed by atoms with Crippen LogP contribution in [0.15, 0.2) is 18.2 Å². The molecule has 120 valence electrons. The summed E-state index contributed by atoms with van der Waals surface area (Å²) in [4.78, 5) is 34.7. The highest BCUT2D eigenvalue weighted by molar-refractivity contribution is 8.13. The van der Waals surface area contributed by atoms with Crippen LogP contribution in [0.2, 0.25) is 0 Å². The van der Waals surface area contributed by atoms with Crippen LogP contribution in [-0.4, -0.2) is 36.5 Å². The zero-order valence-electron chi connectivity index (χ0n) is 13.0. The van der Waals surface area contributed by atoms with E-state index in [0.29, 0.717) is 23.3 Å². The Kier molecular flexibility index (Phi) is 7.66. The van der Waals surface area contributed by atoms with Gasteiger partial charge in [0.15, 0.2) is 5.12 Å². The molecule has 0 unspecified atom stereocenters. The lowest BCUT2D eigenvalue weighted by atomic mass is 9.97. The summed E-state index contributed by atoms with van der Waals surface area (Å²) >= 11 is 1.20. The van der Waals surface area contributed by atoms with Gasteiger partial charge >= 0.3 is 11.9 Å². The SMILES string of the molecule is CCOC(=O)c1c(CCSC(C)=O)cccc1CC(=O)OC. The van der Waals surface area contributed by atoms with Crippen molar-refractivity contribution in [3.05, 3.63) is 34.9 Å². The van der Waals surface area contributed by atoms with Gasteiger partial charge in [-0.25, -0.2) is 4.79 Å². The van der Waals surface area contributed by atoms with Crippen molar-refractivity contribution in [1.82, 2.24) is 0 Å². The average molecular weight is 324 g/mol. The molecule has 0 fully saturated rings. The first kappa shape index (κ1) is 18.2. The number of carbonyl (C=O) groups is 3. The number of hydrogen-bond acceptors (Lipinski definition) is 6. The van der Waals surface area contributed by atoms with E-state index in [9.17, 15) is 14.4 Å². The minimum atomic E-state index is -0.454. The second-order valence-corrected chi connectivity index (χ2v) is 5.79. The third-order valence-electron chi connectivity index (χ3n) is 2.96. The van der Waals surface area contributed by atoms with E-state index >= 15 is 0 Å². The normalized spacial score (nSPS) is 10.1. The van der Waals surface area contributed by atoms with E-state index < -0.39 is 11.9 Å². The number of ether oxygens (including phenoxy) is 2. The van der Waals surface area contributed by atoms with Crippen LogP contribution < -0.4 is 0 Å². The smallest absolute Gasteiger partial charge is 0.338 e. The number of rotatable bonds is 7. The second kappa shape index (κ2) is 9.25. The molecule has 0 aliphatic heterocycles. The summed E-state index contributed by atoms with van der Waals surface area (Å²) in [5.74, 6) is -0.297. The van der Waals surface area contributed by atoms with Gasteiger partial charge in [-0.3, -0.25) is 9.59 Å². The fourth-order valence-electron chi connectivity index (χ4n) is 2.01. The van der Waals surface area contributed by atoms with Crippen molar-refractivity contribution < 1.29 is 23.9 Å². The molecule has 5 nitrogen and oxygen atoms in total. The van der Waals surface area contributed by atoms with Crippen molar-refractivity contribution in [1.29, 1.82) is 0 Å². The van der Waals surface area contributed by atoms with Crippen LogP contribution in [0.5, 0.6) is 0 Å². The van der Waals surface area contributed by atoms with Crippen LogP contribution in [0.1, 0.15) is 35.3 Å². The largest absolute Gasteiger partial charge is 0.469 e. The first-order valence-electron chi connectivity index (χ1n) is 6.97. The highest BCUT2D eigenvalue weighted by Gasteiger charge is 2.19. The minimum Gasteiger partial charge on any atom is -0.469 e. The van der Waals surface area contributed by atoms with E-state index in [4.69, 9.17) is 4.74 Å². The number of hydrogen-bond donors (Lipinski definition) is 0. The van der Waals surface area contributed by atoms with Gasteiger partial charge in [0.25, 0.3) is 0 Å². The van der Waals surface area contributed by atoms with Crippen molar-refractivity contribution >= 4 is 28.8 Å². The van der Waals surface area contributed by atoms with Gasteiger partial charge in [-0.2, -0.15) is 0 Å². The lowest BCUT2D eigenvalue weighted by Crippen LogP contribution is -2.15. The molecule has 0 bridgehead atoms. The van der Waals surface area contributed by atoms with Gasteiger partial charge in [0, 0.05) is 12.7 Å². The maximum atomic E-state index is 12.2. The van der Waals surface area contributed by atoms with Crippen molar-refractivity contribution in [3.63, 3.8) is 0 Å². The summed E-state index contributed by atoms with van der Waals surface area (Å²) in [6.45, 7) is 3.49. The standard InChI is InChI=1S/C16H20O5S/c1-4-21-16(19)15-12(8-9-22-11(2)17)6-5-7-13(15)10-14(18)20-3/h5-7H,4,8-10H2,1-3H3. The van der Waals surface area contributed by atoms with E-state index in [0.717, 1.165) is 5.56 Å². The highest BCUT2D eigenvalue weighted by Crippen LogP contribution is 2.20. The topological polar surface area (TPSA) is 69.7 Å². The Balaban J connectivity index is 3.07. The van der Waals surface area contributed by atoms with Gasteiger partial charge in [-0.15, -0.1) is 0 Å². The number of methoxy groups -OCH3 is 1. The molecule has 0 radical (unpaired) electrons. The quantitative estimate of drug-likeness (QED) is 0.717. The zero-order valence-corrected chi connectivity index (χ0v) is 13.8. The molecule has 0 aromatic heterocycles. The molecule has 0 spiro atoms. The molecule has 0 N–H and O–H groups in total. The molecular formula is C16H20O5S. The Morgan fingerprint density at radius 1 is 1.18 bits per heavy atom. The summed E-state index contributed by atoms with van der Waals surface area (Å²) in [5, 5.41) is 0.0309. The summed E-state index contributed by atoms with van der Waals surface area (Å²) in [5.41, 5.74) is 1.75. The van der Waals surface area contributed by atoms with E-state index in [-0.39, 0.29) is 18.1 Å². The maximum absolute atomic E-state index is 12.2. The van der Waals surface area contributed by atoms with Crippen LogP contribution in [0.4, 0.5) is 0 Å². The van der Waals surface area contributed by atoms with Gasteiger partial charge in [0.2, 0.25) is 0 Å². The van der Waals surface area contributed by atoms with Crippen LogP contribution in [0.25, 0.3) is 0 Å². The Hall–Kier alpha value is -1.82. The lowest BCUT2D eigenvalue weighted by Gasteiger charge is -2.13. The van der Waals surface area contributed by atoms with E-state index in [1.807, 2.05) is 6.07 Å². The average Bonchev–Trinajstić information content (AvgIpc) is 2.47. The fourth-order valence-corrected chi connectivity index (χ4v) is 2.62. The van der Waals surface area contributed by atoms with Gasteiger partial charge in [0.05, 0.1) is 25.7 Å². The first-order chi connectivity index (χ1) is 10.5. The van der Waals surface area contributed by atoms with E-state index in [1.165, 1.54) is 25.8 Å². The molecule has 1 rings (SSSR count). The number of carbonyl (C=O) groups excluding carboxylic acids is 3. The van der Waals surface area contributed by atoms with Crippen LogP contribution in [0.3, 0.4) is 0 Å².